The van der Waals surface area contributed by atoms with Crippen LogP contribution in [0.5, 0.6) is 0 Å². The van der Waals surface area contributed by atoms with Gasteiger partial charge in [-0.15, -0.1) is 0 Å². The fourth-order valence-corrected chi connectivity index (χ4v) is 1.90. The van der Waals surface area contributed by atoms with Gasteiger partial charge in [-0.1, -0.05) is 13.2 Å². The number of nitrogens with zero attached hydrogens (tertiary/aromatic N) is 2. The van der Waals surface area contributed by atoms with E-state index < -0.39 is 5.97 Å². The largest absolute Gasteiger partial charge is 0.465 e. The fraction of sp³-hybridized carbons (Fsp3) is 0.0667. The Morgan fingerprint density at radius 2 is 2.00 bits per heavy atom. The van der Waals surface area contributed by atoms with Crippen LogP contribution < -0.4 is 0 Å². The summed E-state index contributed by atoms with van der Waals surface area (Å²) in [7, 11) is 1.29. The normalized spacial score (nSPS) is 10.1. The molecule has 0 unspecified atom stereocenters. The SMILES string of the molecule is C=Cc1c(C(=O)OC)c(-c2ccc(F)cc2)nn1C=C. The van der Waals surface area contributed by atoms with Crippen LogP contribution in [0, 0.1) is 5.82 Å². The molecule has 0 aliphatic rings. The average Bonchev–Trinajstić information content (AvgIpc) is 2.85. The number of aromatic nitrogens is 2. The van der Waals surface area contributed by atoms with Crippen molar-refractivity contribution in [3.63, 3.8) is 0 Å². The lowest BCUT2D eigenvalue weighted by atomic mass is 10.1. The van der Waals surface area contributed by atoms with Gasteiger partial charge in [-0.2, -0.15) is 5.10 Å². The lowest BCUT2D eigenvalue weighted by Crippen LogP contribution is -2.04. The van der Waals surface area contributed by atoms with Crippen LogP contribution in [0.2, 0.25) is 0 Å². The molecule has 1 aromatic carbocycles. The Morgan fingerprint density at radius 1 is 1.35 bits per heavy atom. The van der Waals surface area contributed by atoms with E-state index in [0.29, 0.717) is 17.0 Å². The van der Waals surface area contributed by atoms with E-state index in [1.807, 2.05) is 0 Å². The van der Waals surface area contributed by atoms with Gasteiger partial charge >= 0.3 is 5.97 Å². The molecule has 20 heavy (non-hydrogen) atoms. The van der Waals surface area contributed by atoms with Crippen LogP contribution in [0.3, 0.4) is 0 Å². The highest BCUT2D eigenvalue weighted by Crippen LogP contribution is 2.27. The molecule has 1 heterocycles. The molecule has 102 valence electrons. The minimum atomic E-state index is -0.535. The Kier molecular flexibility index (Phi) is 3.79. The van der Waals surface area contributed by atoms with Crippen molar-refractivity contribution in [1.82, 2.24) is 9.78 Å². The minimum Gasteiger partial charge on any atom is -0.465 e. The molecule has 0 aliphatic heterocycles. The second kappa shape index (κ2) is 5.52. The molecule has 0 bridgehead atoms. The van der Waals surface area contributed by atoms with Crippen molar-refractivity contribution in [2.45, 2.75) is 0 Å². The first kappa shape index (κ1) is 13.7. The minimum absolute atomic E-state index is 0.272. The molecule has 1 aromatic heterocycles. The van der Waals surface area contributed by atoms with E-state index >= 15 is 0 Å². The molecule has 0 atom stereocenters. The summed E-state index contributed by atoms with van der Waals surface area (Å²) >= 11 is 0. The number of rotatable bonds is 4. The van der Waals surface area contributed by atoms with Gasteiger partial charge in [0.2, 0.25) is 0 Å². The highest BCUT2D eigenvalue weighted by Gasteiger charge is 2.23. The molecule has 0 amide bonds. The summed E-state index contributed by atoms with van der Waals surface area (Å²) in [4.78, 5) is 12.0. The summed E-state index contributed by atoms with van der Waals surface area (Å²) < 4.78 is 19.2. The molecule has 0 saturated carbocycles. The number of ether oxygens (including phenoxy) is 1. The third-order valence-corrected chi connectivity index (χ3v) is 2.82. The van der Waals surface area contributed by atoms with Gasteiger partial charge in [0, 0.05) is 11.8 Å². The van der Waals surface area contributed by atoms with Gasteiger partial charge in [0.15, 0.2) is 0 Å². The van der Waals surface area contributed by atoms with E-state index in [4.69, 9.17) is 4.74 Å². The Labute approximate surface area is 115 Å². The molecule has 0 aliphatic carbocycles. The van der Waals surface area contributed by atoms with Crippen LogP contribution in [-0.4, -0.2) is 22.9 Å². The topological polar surface area (TPSA) is 44.1 Å². The van der Waals surface area contributed by atoms with Gasteiger partial charge in [0.25, 0.3) is 0 Å². The predicted octanol–water partition coefficient (Wildman–Crippen LogP) is 3.22. The van der Waals surface area contributed by atoms with E-state index in [1.165, 1.54) is 36.2 Å². The van der Waals surface area contributed by atoms with E-state index in [0.717, 1.165) is 0 Å². The summed E-state index contributed by atoms with van der Waals surface area (Å²) in [6, 6.07) is 5.70. The predicted molar refractivity (Wildman–Crippen MR) is 75.4 cm³/mol. The first-order valence-corrected chi connectivity index (χ1v) is 5.84. The number of methoxy groups -OCH3 is 1. The molecule has 5 heteroatoms. The molecule has 2 rings (SSSR count). The quantitative estimate of drug-likeness (QED) is 0.803. The van der Waals surface area contributed by atoms with Gasteiger partial charge in [0.05, 0.1) is 12.8 Å². The molecule has 4 nitrogen and oxygen atoms in total. The van der Waals surface area contributed by atoms with Gasteiger partial charge in [-0.3, -0.25) is 0 Å². The number of esters is 1. The second-order valence-electron chi connectivity index (χ2n) is 3.94. The number of benzene rings is 1. The second-order valence-corrected chi connectivity index (χ2v) is 3.94. The maximum Gasteiger partial charge on any atom is 0.342 e. The van der Waals surface area contributed by atoms with Crippen LogP contribution in [0.25, 0.3) is 23.5 Å². The maximum atomic E-state index is 13.0. The summed E-state index contributed by atoms with van der Waals surface area (Å²) in [5.41, 5.74) is 1.75. The molecule has 2 aromatic rings. The van der Waals surface area contributed by atoms with E-state index in [2.05, 4.69) is 18.3 Å². The van der Waals surface area contributed by atoms with Crippen LogP contribution in [0.1, 0.15) is 16.1 Å². The first-order chi connectivity index (χ1) is 9.62. The molecule has 0 fully saturated rings. The van der Waals surface area contributed by atoms with Crippen molar-refractivity contribution in [2.24, 2.45) is 0 Å². The monoisotopic (exact) mass is 272 g/mol. The van der Waals surface area contributed by atoms with Gasteiger partial charge in [-0.25, -0.2) is 13.9 Å². The summed E-state index contributed by atoms with van der Waals surface area (Å²) in [6.07, 6.45) is 2.95. The maximum absolute atomic E-state index is 13.0. The lowest BCUT2D eigenvalue weighted by Gasteiger charge is -2.02. The van der Waals surface area contributed by atoms with Gasteiger partial charge in [0.1, 0.15) is 17.1 Å². The highest BCUT2D eigenvalue weighted by molar-refractivity contribution is 5.99. The molecule has 0 saturated heterocycles. The van der Waals surface area contributed by atoms with Crippen molar-refractivity contribution in [3.05, 3.63) is 54.5 Å². The Morgan fingerprint density at radius 3 is 2.50 bits per heavy atom. The zero-order valence-electron chi connectivity index (χ0n) is 11.0. The summed E-state index contributed by atoms with van der Waals surface area (Å²) in [5.74, 6) is -0.896. The summed E-state index contributed by atoms with van der Waals surface area (Å²) in [5, 5.41) is 4.27. The fourth-order valence-electron chi connectivity index (χ4n) is 1.90. The molecule has 0 radical (unpaired) electrons. The van der Waals surface area contributed by atoms with Crippen LogP contribution in [-0.2, 0) is 4.74 Å². The van der Waals surface area contributed by atoms with Crippen molar-refractivity contribution in [2.75, 3.05) is 7.11 Å². The van der Waals surface area contributed by atoms with Crippen molar-refractivity contribution >= 4 is 18.2 Å². The van der Waals surface area contributed by atoms with Crippen LogP contribution >= 0.6 is 0 Å². The highest BCUT2D eigenvalue weighted by atomic mass is 19.1. The number of carbonyl (C=O) groups is 1. The average molecular weight is 272 g/mol. The first-order valence-electron chi connectivity index (χ1n) is 5.84. The number of hydrogen-bond acceptors (Lipinski definition) is 3. The standard InChI is InChI=1S/C15H13FN2O2/c1-4-12-13(15(19)20-3)14(17-18(12)5-2)10-6-8-11(16)9-7-10/h4-9H,1-2H2,3H3. The lowest BCUT2D eigenvalue weighted by molar-refractivity contribution is 0.0601. The Balaban J connectivity index is 2.71. The van der Waals surface area contributed by atoms with Crippen LogP contribution in [0.15, 0.2) is 37.4 Å². The number of halogens is 1. The molecule has 0 N–H and O–H groups in total. The van der Waals surface area contributed by atoms with E-state index in [9.17, 15) is 9.18 Å². The summed E-state index contributed by atoms with van der Waals surface area (Å²) in [6.45, 7) is 7.29. The zero-order valence-corrected chi connectivity index (χ0v) is 11.0. The molecular weight excluding hydrogens is 259 g/mol. The van der Waals surface area contributed by atoms with E-state index in [1.54, 1.807) is 12.1 Å². The van der Waals surface area contributed by atoms with Crippen molar-refractivity contribution in [3.8, 4) is 11.3 Å². The molecular formula is C15H13FN2O2. The van der Waals surface area contributed by atoms with Crippen molar-refractivity contribution < 1.29 is 13.9 Å². The third-order valence-electron chi connectivity index (χ3n) is 2.82. The number of hydrogen-bond donors (Lipinski definition) is 0. The van der Waals surface area contributed by atoms with Crippen molar-refractivity contribution in [1.29, 1.82) is 0 Å². The molecule has 0 spiro atoms. The van der Waals surface area contributed by atoms with Gasteiger partial charge in [-0.05, 0) is 30.3 Å². The van der Waals surface area contributed by atoms with Gasteiger partial charge < -0.3 is 4.74 Å². The Hall–Kier alpha value is -2.69. The smallest absolute Gasteiger partial charge is 0.342 e. The van der Waals surface area contributed by atoms with E-state index in [-0.39, 0.29) is 11.4 Å². The third kappa shape index (κ3) is 2.25. The zero-order chi connectivity index (χ0) is 14.7. The Bertz CT molecular complexity index is 672. The van der Waals surface area contributed by atoms with Crippen LogP contribution in [0.4, 0.5) is 4.39 Å². The number of carbonyl (C=O) groups excluding carboxylic acids is 1.